The molecule has 0 radical (unpaired) electrons. The highest BCUT2D eigenvalue weighted by Crippen LogP contribution is 2.41. The lowest BCUT2D eigenvalue weighted by Crippen LogP contribution is -2.28. The molecule has 0 N–H and O–H groups in total. The van der Waals surface area contributed by atoms with Gasteiger partial charge in [0.25, 0.3) is 0 Å². The summed E-state index contributed by atoms with van der Waals surface area (Å²) in [6.07, 6.45) is 2.38. The molecule has 236 valence electrons. The zero-order valence-electron chi connectivity index (χ0n) is 25.4. The van der Waals surface area contributed by atoms with Crippen LogP contribution >= 0.6 is 65.0 Å². The molecule has 5 rings (SSSR count). The zero-order valence-corrected chi connectivity index (χ0v) is 31.1. The summed E-state index contributed by atoms with van der Waals surface area (Å²) in [4.78, 5) is 28.1. The summed E-state index contributed by atoms with van der Waals surface area (Å²) in [5.74, 6) is -0.207. The Morgan fingerprint density at radius 1 is 0.822 bits per heavy atom. The van der Waals surface area contributed by atoms with Crippen molar-refractivity contribution in [3.05, 3.63) is 117 Å². The van der Waals surface area contributed by atoms with Crippen LogP contribution < -0.4 is 9.80 Å². The van der Waals surface area contributed by atoms with E-state index in [2.05, 4.69) is 26.0 Å². The van der Waals surface area contributed by atoms with Gasteiger partial charge in [-0.05, 0) is 84.8 Å². The Morgan fingerprint density at radius 3 is 1.91 bits per heavy atom. The second-order valence-electron chi connectivity index (χ2n) is 10.2. The summed E-state index contributed by atoms with van der Waals surface area (Å²) in [6.45, 7) is 8.12. The van der Waals surface area contributed by atoms with E-state index < -0.39 is 11.4 Å². The van der Waals surface area contributed by atoms with Crippen LogP contribution in [0.2, 0.25) is 10.0 Å². The van der Waals surface area contributed by atoms with Gasteiger partial charge in [0.2, 0.25) is 11.8 Å². The number of carbonyl (C=O) groups excluding carboxylic acids is 2. The third-order valence-electron chi connectivity index (χ3n) is 7.17. The molecular weight excluding hydrogens is 708 g/mol. The van der Waals surface area contributed by atoms with E-state index in [0.717, 1.165) is 46.6 Å². The van der Waals surface area contributed by atoms with Gasteiger partial charge in [0.1, 0.15) is 5.88 Å². The molecule has 0 unspecified atom stereocenters. The minimum Gasteiger partial charge on any atom is -0.279 e. The van der Waals surface area contributed by atoms with Gasteiger partial charge < -0.3 is 0 Å². The monoisotopic (exact) mass is 738 g/mol. The van der Waals surface area contributed by atoms with E-state index in [9.17, 15) is 9.59 Å². The van der Waals surface area contributed by atoms with Crippen molar-refractivity contribution in [2.75, 3.05) is 15.7 Å². The first-order valence-electron chi connectivity index (χ1n) is 14.3. The molecule has 4 nitrogen and oxygen atoms in total. The lowest BCUT2D eigenvalue weighted by Gasteiger charge is -2.25. The summed E-state index contributed by atoms with van der Waals surface area (Å²) in [7, 11) is 14.8. The summed E-state index contributed by atoms with van der Waals surface area (Å²) in [5.41, 5.74) is 8.74. The van der Waals surface area contributed by atoms with Crippen LogP contribution in [0.5, 0.6) is 0 Å². The maximum Gasteiger partial charge on any atom is 0.643 e. The molecule has 1 heterocycles. The van der Waals surface area contributed by atoms with Gasteiger partial charge in [-0.3, -0.25) is 19.4 Å². The molecule has 0 aliphatic carbocycles. The molecule has 4 aromatic carbocycles. The van der Waals surface area contributed by atoms with Crippen LogP contribution in [-0.4, -0.2) is 29.1 Å². The predicted octanol–water partition coefficient (Wildman–Crippen LogP) is 11.2. The smallest absolute Gasteiger partial charge is 0.279 e. The van der Waals surface area contributed by atoms with E-state index >= 15 is 0 Å². The molecule has 2 amide bonds. The second-order valence-corrected chi connectivity index (χ2v) is 17.7. The number of hydrogen-bond acceptors (Lipinski definition) is 2. The summed E-state index contributed by atoms with van der Waals surface area (Å²) in [5, 5.41) is 1.15. The molecule has 0 atom stereocenters. The average molecular weight is 741 g/mol. The molecule has 4 aromatic rings. The highest BCUT2D eigenvalue weighted by atomic mass is 35.8. The lowest BCUT2D eigenvalue weighted by atomic mass is 10.1. The van der Waals surface area contributed by atoms with Crippen molar-refractivity contribution in [3.63, 3.8) is 0 Å². The Kier molecular flexibility index (Phi) is 14.9. The Bertz CT molecular complexity index is 1590. The molecule has 0 bridgehead atoms. The van der Waals surface area contributed by atoms with E-state index in [-0.39, 0.29) is 17.7 Å². The first-order valence-corrected chi connectivity index (χ1v) is 20.8. The fourth-order valence-electron chi connectivity index (χ4n) is 4.99. The van der Waals surface area contributed by atoms with Crippen LogP contribution in [-0.2, 0) is 28.9 Å². The van der Waals surface area contributed by atoms with Gasteiger partial charge >= 0.3 is 11.4 Å². The molecule has 11 heteroatoms. The maximum atomic E-state index is 12.4. The van der Waals surface area contributed by atoms with E-state index in [4.69, 9.17) is 65.0 Å². The van der Waals surface area contributed by atoms with E-state index in [1.807, 2.05) is 74.5 Å². The van der Waals surface area contributed by atoms with Crippen molar-refractivity contribution in [3.8, 4) is 0 Å². The highest BCUT2D eigenvalue weighted by Gasteiger charge is 2.30. The zero-order chi connectivity index (χ0) is 33.3. The molecule has 1 aliphatic rings. The topological polar surface area (TPSA) is 40.6 Å². The highest BCUT2D eigenvalue weighted by molar-refractivity contribution is 7.54. The fraction of sp³-hybridized carbons (Fsp3) is 0.235. The van der Waals surface area contributed by atoms with Crippen molar-refractivity contribution in [1.29, 1.82) is 0 Å². The van der Waals surface area contributed by atoms with Crippen LogP contribution in [0.4, 0.5) is 22.7 Å². The third-order valence-corrected chi connectivity index (χ3v) is 8.01. The number of nitrogens with zero attached hydrogens (tertiary/aromatic N) is 2. The minimum atomic E-state index is -1.72. The number of carbonyl (C=O) groups is 2. The Morgan fingerprint density at radius 2 is 1.38 bits per heavy atom. The van der Waals surface area contributed by atoms with E-state index in [1.165, 1.54) is 11.1 Å². The standard InChI is InChI=1S/C17H17Cl2NO.C17H16ClNO.Al.3ClH/c1-3-13-7-9-14(10-8-13)20(16(21)11-18)17-12(2)5-4-6-15(17)19;1-3-12-7-8-15-13(9-12)10-16(20)19(15)17-11(2)5-4-6-14(17)18;;;;/h4-10H,3,11H2,1-2H3;4-9H,3,10H2,1-2H3;;3*1H/q;;+3;;;/p-3. The van der Waals surface area contributed by atoms with E-state index in [0.29, 0.717) is 22.2 Å². The normalized spacial score (nSPS) is 11.6. The Labute approximate surface area is 297 Å². The second kappa shape index (κ2) is 17.9. The average Bonchev–Trinajstić information content (AvgIpc) is 3.33. The predicted molar refractivity (Wildman–Crippen MR) is 196 cm³/mol. The molecule has 0 saturated carbocycles. The van der Waals surface area contributed by atoms with Gasteiger partial charge in [-0.2, -0.15) is 0 Å². The number of halogens is 6. The van der Waals surface area contributed by atoms with Crippen LogP contribution in [0.1, 0.15) is 41.7 Å². The number of fused-ring (bicyclic) bond motifs is 1. The number of amides is 2. The summed E-state index contributed by atoms with van der Waals surface area (Å²) < 4.78 is 0. The van der Waals surface area contributed by atoms with Crippen molar-refractivity contribution >= 4 is 111 Å². The van der Waals surface area contributed by atoms with Crippen LogP contribution in [0, 0.1) is 13.8 Å². The van der Waals surface area contributed by atoms with Gasteiger partial charge in [0.15, 0.2) is 0 Å². The molecule has 1 aliphatic heterocycles. The van der Waals surface area contributed by atoms with Crippen LogP contribution in [0.3, 0.4) is 0 Å². The van der Waals surface area contributed by atoms with Crippen molar-refractivity contribution < 1.29 is 9.59 Å². The first kappa shape index (κ1) is 37.5. The third kappa shape index (κ3) is 9.80. The summed E-state index contributed by atoms with van der Waals surface area (Å²) >= 11 is 16.7. The molecule has 0 spiro atoms. The Balaban J connectivity index is 0.000000220. The molecule has 0 fully saturated rings. The first-order chi connectivity index (χ1) is 21.4. The number of anilines is 4. The van der Waals surface area contributed by atoms with Crippen molar-refractivity contribution in [2.24, 2.45) is 0 Å². The molecule has 0 aromatic heterocycles. The largest absolute Gasteiger partial charge is 0.643 e. The molecular formula is C34H33AlCl6N2O2. The number of rotatable bonds is 6. The van der Waals surface area contributed by atoms with Gasteiger partial charge in [0, 0.05) is 5.69 Å². The fourth-order valence-corrected chi connectivity index (χ4v) is 5.72. The van der Waals surface area contributed by atoms with Crippen LogP contribution in [0.25, 0.3) is 0 Å². The quantitative estimate of drug-likeness (QED) is 0.146. The van der Waals surface area contributed by atoms with Crippen LogP contribution in [0.15, 0.2) is 78.9 Å². The molecule has 0 saturated heterocycles. The maximum absolute atomic E-state index is 12.4. The van der Waals surface area contributed by atoms with Gasteiger partial charge in [-0.1, -0.05) is 85.6 Å². The number of hydrogen-bond donors (Lipinski definition) is 0. The van der Waals surface area contributed by atoms with Gasteiger partial charge in [0.05, 0.1) is 33.5 Å². The number of benzene rings is 4. The molecule has 45 heavy (non-hydrogen) atoms. The number of aryl methyl sites for hydroxylation is 4. The summed E-state index contributed by atoms with van der Waals surface area (Å²) in [6, 6.07) is 25.4. The number of para-hydroxylation sites is 2. The van der Waals surface area contributed by atoms with E-state index in [1.54, 1.807) is 15.9 Å². The lowest BCUT2D eigenvalue weighted by molar-refractivity contribution is -0.117. The number of alkyl halides is 1. The Hall–Kier alpha value is -1.91. The van der Waals surface area contributed by atoms with Gasteiger partial charge in [-0.15, -0.1) is 11.6 Å². The van der Waals surface area contributed by atoms with Crippen molar-refractivity contribution in [2.45, 2.75) is 47.0 Å². The van der Waals surface area contributed by atoms with Crippen molar-refractivity contribution in [1.82, 2.24) is 0 Å². The minimum absolute atomic E-state index is 0.0875. The van der Waals surface area contributed by atoms with Gasteiger partial charge in [-0.25, -0.2) is 30.1 Å². The SMILES string of the molecule is CCc1ccc(N(C(=O)CCl)c2c(C)cccc2Cl)cc1.CCc1ccc2c(c1)CC(=O)N2c1c(C)cccc1Cl.[Cl][Al]([Cl])[Cl].